The molecular weight excluding hydrogens is 308 g/mol. The van der Waals surface area contributed by atoms with E-state index in [0.29, 0.717) is 17.6 Å². The van der Waals surface area contributed by atoms with E-state index in [-0.39, 0.29) is 0 Å². The van der Waals surface area contributed by atoms with Crippen LogP contribution in [-0.2, 0) is 4.43 Å². The first-order valence-electron chi connectivity index (χ1n) is 9.37. The summed E-state index contributed by atoms with van der Waals surface area (Å²) in [4.78, 5) is 0. The van der Waals surface area contributed by atoms with Crippen LogP contribution in [0.1, 0.15) is 32.1 Å². The van der Waals surface area contributed by atoms with Gasteiger partial charge in [-0.15, -0.1) is 0 Å². The normalized spacial score (nSPS) is 30.5. The molecule has 2 aromatic carbocycles. The summed E-state index contributed by atoms with van der Waals surface area (Å²) in [7, 11) is -2.17. The smallest absolute Gasteiger partial charge is 0.259 e. The van der Waals surface area contributed by atoms with Gasteiger partial charge in [0.1, 0.15) is 0 Å². The van der Waals surface area contributed by atoms with E-state index < -0.39 is 8.32 Å². The topological polar surface area (TPSA) is 9.23 Å². The quantitative estimate of drug-likeness (QED) is 0.596. The van der Waals surface area contributed by atoms with Crippen molar-refractivity contribution in [3.05, 3.63) is 72.3 Å². The third-order valence-electron chi connectivity index (χ3n) is 6.37. The Labute approximate surface area is 145 Å². The minimum Gasteiger partial charge on any atom is -0.404 e. The Morgan fingerprint density at radius 2 is 1.50 bits per heavy atom. The van der Waals surface area contributed by atoms with E-state index in [1.807, 2.05) is 0 Å². The van der Waals surface area contributed by atoms with Gasteiger partial charge in [-0.25, -0.2) is 0 Å². The van der Waals surface area contributed by atoms with E-state index in [2.05, 4.69) is 66.7 Å². The van der Waals surface area contributed by atoms with Gasteiger partial charge in [0.05, 0.1) is 6.10 Å². The van der Waals surface area contributed by atoms with Crippen molar-refractivity contribution in [1.29, 1.82) is 0 Å². The fourth-order valence-electron chi connectivity index (χ4n) is 5.49. The zero-order valence-electron chi connectivity index (χ0n) is 14.0. The maximum Gasteiger partial charge on any atom is 0.259 e. The Hall–Kier alpha value is -1.64. The molecule has 0 aromatic heterocycles. The molecule has 1 heterocycles. The number of hydrogen-bond donors (Lipinski definition) is 0. The van der Waals surface area contributed by atoms with Crippen molar-refractivity contribution in [1.82, 2.24) is 0 Å². The molecule has 2 aromatic rings. The number of hydrogen-bond acceptors (Lipinski definition) is 1. The molecule has 1 saturated heterocycles. The van der Waals surface area contributed by atoms with E-state index in [4.69, 9.17) is 4.43 Å². The maximum atomic E-state index is 7.14. The molecule has 1 nitrogen and oxygen atoms in total. The van der Waals surface area contributed by atoms with Crippen LogP contribution in [0.2, 0.25) is 5.54 Å². The Morgan fingerprint density at radius 1 is 0.833 bits per heavy atom. The second-order valence-corrected chi connectivity index (χ2v) is 11.1. The molecule has 2 heteroatoms. The van der Waals surface area contributed by atoms with Crippen LogP contribution in [0.5, 0.6) is 0 Å². The first-order valence-corrected chi connectivity index (χ1v) is 11.4. The molecule has 0 N–H and O–H groups in total. The molecule has 2 fully saturated rings. The minimum absolute atomic E-state index is 0.447. The second-order valence-electron chi connectivity index (χ2n) is 7.50. The lowest BCUT2D eigenvalue weighted by molar-refractivity contribution is 0.158. The lowest BCUT2D eigenvalue weighted by Gasteiger charge is -2.37. The van der Waals surface area contributed by atoms with Crippen molar-refractivity contribution in [2.45, 2.75) is 43.7 Å². The summed E-state index contributed by atoms with van der Waals surface area (Å²) in [6, 6.07) is 22.3. The third kappa shape index (κ3) is 2.03. The summed E-state index contributed by atoms with van der Waals surface area (Å²) < 4.78 is 7.14. The van der Waals surface area contributed by atoms with Gasteiger partial charge >= 0.3 is 0 Å². The van der Waals surface area contributed by atoms with Gasteiger partial charge in [0, 0.05) is 5.92 Å². The minimum atomic E-state index is -2.17. The van der Waals surface area contributed by atoms with Crippen LogP contribution in [0.25, 0.3) is 0 Å². The van der Waals surface area contributed by atoms with Gasteiger partial charge in [-0.05, 0) is 48.0 Å². The molecule has 0 unspecified atom stereocenters. The standard InChI is InChI=1S/C22H24OSi/c1-3-11-18(12-4-1)24(19-13-5-2-6-14-19)21-16-8-10-17-9-7-15-20(23-24)22(17)21/h1-6,10-14,20-22H,7-9,15-16H2/t20-,21-,22+/m1/s1. The van der Waals surface area contributed by atoms with Gasteiger partial charge in [-0.1, -0.05) is 72.3 Å². The fourth-order valence-corrected chi connectivity index (χ4v) is 10.8. The van der Waals surface area contributed by atoms with Crippen molar-refractivity contribution in [2.24, 2.45) is 5.92 Å². The monoisotopic (exact) mass is 332 g/mol. The largest absolute Gasteiger partial charge is 0.404 e. The van der Waals surface area contributed by atoms with Gasteiger partial charge in [-0.2, -0.15) is 0 Å². The highest BCUT2D eigenvalue weighted by atomic mass is 28.4. The van der Waals surface area contributed by atoms with Crippen LogP contribution in [0.4, 0.5) is 0 Å². The predicted octanol–water partition coefficient (Wildman–Crippen LogP) is 4.04. The fraction of sp³-hybridized carbons (Fsp3) is 0.364. The summed E-state index contributed by atoms with van der Waals surface area (Å²) >= 11 is 0. The molecule has 3 atom stereocenters. The highest BCUT2D eigenvalue weighted by Crippen LogP contribution is 2.54. The third-order valence-corrected chi connectivity index (χ3v) is 11.1. The summed E-state index contributed by atoms with van der Waals surface area (Å²) in [5.41, 5.74) is 2.41. The van der Waals surface area contributed by atoms with Crippen LogP contribution >= 0.6 is 0 Å². The number of allylic oxidation sites excluding steroid dienone is 1. The summed E-state index contributed by atoms with van der Waals surface area (Å²) in [6.07, 6.45) is 9.36. The Morgan fingerprint density at radius 3 is 2.17 bits per heavy atom. The molecule has 3 aliphatic rings. The second kappa shape index (κ2) is 5.71. The first-order chi connectivity index (χ1) is 11.9. The van der Waals surface area contributed by atoms with E-state index in [1.165, 1.54) is 42.5 Å². The SMILES string of the molecule is C1=C2CCC[C@H]3O[Si](c4ccccc4)(c4ccccc4)[C@H](CC1)[C@@H]23. The Bertz CT molecular complexity index is 713. The van der Waals surface area contributed by atoms with Gasteiger partial charge in [0.2, 0.25) is 0 Å². The van der Waals surface area contributed by atoms with Crippen molar-refractivity contribution < 1.29 is 4.43 Å². The van der Waals surface area contributed by atoms with E-state index in [1.54, 1.807) is 5.57 Å². The highest BCUT2D eigenvalue weighted by Gasteiger charge is 2.60. The molecule has 5 rings (SSSR count). The number of benzene rings is 2. The maximum absolute atomic E-state index is 7.14. The Kier molecular flexibility index (Phi) is 3.49. The summed E-state index contributed by atoms with van der Waals surface area (Å²) in [5, 5.41) is 2.94. The average Bonchev–Trinajstić information content (AvgIpc) is 3.01. The van der Waals surface area contributed by atoms with Gasteiger partial charge < -0.3 is 4.43 Å². The predicted molar refractivity (Wildman–Crippen MR) is 101 cm³/mol. The summed E-state index contributed by atoms with van der Waals surface area (Å²) in [6.45, 7) is 0. The van der Waals surface area contributed by atoms with Crippen molar-refractivity contribution in [3.8, 4) is 0 Å². The molecule has 122 valence electrons. The molecule has 1 saturated carbocycles. The van der Waals surface area contributed by atoms with Crippen LogP contribution in [-0.4, -0.2) is 14.4 Å². The molecule has 0 spiro atoms. The molecule has 24 heavy (non-hydrogen) atoms. The van der Waals surface area contributed by atoms with Crippen LogP contribution in [0.3, 0.4) is 0 Å². The molecule has 0 bridgehead atoms. The van der Waals surface area contributed by atoms with E-state index in [9.17, 15) is 0 Å². The Balaban J connectivity index is 1.72. The molecular formula is C22H24OSi. The molecule has 0 amide bonds. The van der Waals surface area contributed by atoms with E-state index >= 15 is 0 Å². The van der Waals surface area contributed by atoms with Gasteiger partial charge in [0.25, 0.3) is 8.32 Å². The molecule has 2 aliphatic carbocycles. The van der Waals surface area contributed by atoms with Crippen LogP contribution < -0.4 is 10.4 Å². The summed E-state index contributed by atoms with van der Waals surface area (Å²) in [5.74, 6) is 0.680. The zero-order chi connectivity index (χ0) is 16.0. The number of rotatable bonds is 2. The van der Waals surface area contributed by atoms with E-state index in [0.717, 1.165) is 0 Å². The first kappa shape index (κ1) is 14.7. The van der Waals surface area contributed by atoms with Crippen molar-refractivity contribution in [2.75, 3.05) is 0 Å². The lowest BCUT2D eigenvalue weighted by atomic mass is 9.75. The zero-order valence-corrected chi connectivity index (χ0v) is 15.0. The lowest BCUT2D eigenvalue weighted by Crippen LogP contribution is -2.62. The molecule has 0 radical (unpaired) electrons. The van der Waals surface area contributed by atoms with Crippen molar-refractivity contribution in [3.63, 3.8) is 0 Å². The van der Waals surface area contributed by atoms with Crippen LogP contribution in [0, 0.1) is 5.92 Å². The van der Waals surface area contributed by atoms with Gasteiger partial charge in [0.15, 0.2) is 0 Å². The average molecular weight is 333 g/mol. The van der Waals surface area contributed by atoms with Gasteiger partial charge in [-0.3, -0.25) is 0 Å². The van der Waals surface area contributed by atoms with Crippen molar-refractivity contribution >= 4 is 18.7 Å². The van der Waals surface area contributed by atoms with Crippen LogP contribution in [0.15, 0.2) is 72.3 Å². The highest BCUT2D eigenvalue weighted by molar-refractivity contribution is 6.99. The molecule has 1 aliphatic heterocycles.